The summed E-state index contributed by atoms with van der Waals surface area (Å²) >= 11 is 5.90. The van der Waals surface area contributed by atoms with Crippen molar-refractivity contribution < 1.29 is 18.7 Å². The topological polar surface area (TPSA) is 108 Å². The number of ether oxygens (including phenoxy) is 1. The summed E-state index contributed by atoms with van der Waals surface area (Å²) in [6, 6.07) is 6.61. The number of allylic oxidation sites excluding steroid dienone is 1. The molecule has 3 fully saturated rings. The van der Waals surface area contributed by atoms with Crippen LogP contribution in [0.15, 0.2) is 70.3 Å². The summed E-state index contributed by atoms with van der Waals surface area (Å²) < 4.78 is 20.7. The summed E-state index contributed by atoms with van der Waals surface area (Å²) in [7, 11) is 1.53. The average Bonchev–Trinajstić information content (AvgIpc) is 3.72. The van der Waals surface area contributed by atoms with Crippen molar-refractivity contribution in [3.63, 3.8) is 0 Å². The van der Waals surface area contributed by atoms with Crippen LogP contribution in [-0.4, -0.2) is 53.8 Å². The average molecular weight is 591 g/mol. The minimum absolute atomic E-state index is 0.0535. The van der Waals surface area contributed by atoms with Gasteiger partial charge < -0.3 is 20.3 Å². The van der Waals surface area contributed by atoms with E-state index in [0.717, 1.165) is 35.4 Å². The first-order chi connectivity index (χ1) is 20.3. The van der Waals surface area contributed by atoms with E-state index in [1.165, 1.54) is 37.1 Å². The number of methoxy groups -OCH3 is 1. The number of fused-ring (bicyclic) bond motifs is 1. The SMILES string of the molecule is CO[C@@H]1C[C@H](C(=O)Nc2cc(C3(CCC4CC4)NC4=C=C(C)N=CC=C43)ccc2F)N(C(=O)Nc2ccc(Cl)cn2)C1. The summed E-state index contributed by atoms with van der Waals surface area (Å²) in [6.07, 6.45) is 9.40. The monoisotopic (exact) mass is 590 g/mol. The number of rotatable bonds is 8. The Morgan fingerprint density at radius 2 is 2.10 bits per heavy atom. The number of likely N-dealkylation sites (tertiary alicyclic amines) is 1. The van der Waals surface area contributed by atoms with Gasteiger partial charge in [-0.3, -0.25) is 15.1 Å². The van der Waals surface area contributed by atoms with Crippen LogP contribution in [0.1, 0.15) is 44.6 Å². The van der Waals surface area contributed by atoms with Crippen molar-refractivity contribution in [2.24, 2.45) is 10.9 Å². The molecule has 0 spiro atoms. The molecule has 1 aromatic carbocycles. The van der Waals surface area contributed by atoms with E-state index < -0.39 is 29.3 Å². The van der Waals surface area contributed by atoms with Gasteiger partial charge in [0, 0.05) is 38.1 Å². The first-order valence-corrected chi connectivity index (χ1v) is 14.5. The van der Waals surface area contributed by atoms with Crippen molar-refractivity contribution in [2.45, 2.75) is 56.7 Å². The zero-order chi connectivity index (χ0) is 29.4. The highest BCUT2D eigenvalue weighted by atomic mass is 35.5. The van der Waals surface area contributed by atoms with Crippen LogP contribution in [0.25, 0.3) is 0 Å². The number of amides is 3. The molecule has 1 unspecified atom stereocenters. The van der Waals surface area contributed by atoms with Gasteiger partial charge in [-0.2, -0.15) is 0 Å². The molecule has 1 aliphatic carbocycles. The first kappa shape index (κ1) is 28.2. The van der Waals surface area contributed by atoms with Crippen LogP contribution in [0, 0.1) is 11.7 Å². The van der Waals surface area contributed by atoms with Crippen molar-refractivity contribution in [1.29, 1.82) is 0 Å². The van der Waals surface area contributed by atoms with E-state index in [-0.39, 0.29) is 24.8 Å². The molecule has 9 nitrogen and oxygen atoms in total. The highest BCUT2D eigenvalue weighted by molar-refractivity contribution is 6.30. The highest BCUT2D eigenvalue weighted by Crippen LogP contribution is 2.49. The number of urea groups is 1. The molecule has 2 aromatic rings. The third kappa shape index (κ3) is 5.57. The number of nitrogens with zero attached hydrogens (tertiary/aromatic N) is 3. The summed E-state index contributed by atoms with van der Waals surface area (Å²) in [4.78, 5) is 36.6. The van der Waals surface area contributed by atoms with E-state index in [1.807, 2.05) is 13.0 Å². The zero-order valence-electron chi connectivity index (χ0n) is 23.4. The predicted octanol–water partition coefficient (Wildman–Crippen LogP) is 5.52. The standard InChI is InChI=1S/C31H32ClFN6O3/c1-18-13-25-23(10-12-34-18)31(38-25,11-9-19-3-4-19)20-5-7-24(33)26(14-20)36-29(40)27-15-22(42-2)17-39(27)30(41)37-28-8-6-21(32)16-35-28/h5-8,10,12,14,16,19,22,27,38H,3-4,9,11,15,17H2,1-2H3,(H,36,40)(H,35,37,41)/t22-,27-,31?/m1/s1. The second-order valence-electron chi connectivity index (χ2n) is 11.2. The van der Waals surface area contributed by atoms with Gasteiger partial charge in [-0.05, 0) is 61.6 Å². The minimum atomic E-state index is -0.876. The number of halogens is 2. The van der Waals surface area contributed by atoms with Crippen molar-refractivity contribution in [3.8, 4) is 0 Å². The van der Waals surface area contributed by atoms with Gasteiger partial charge in [-0.25, -0.2) is 14.2 Å². The Labute approximate surface area is 248 Å². The van der Waals surface area contributed by atoms with Gasteiger partial charge in [-0.1, -0.05) is 36.2 Å². The van der Waals surface area contributed by atoms with Gasteiger partial charge in [0.2, 0.25) is 5.91 Å². The number of carbonyl (C=O) groups is 2. The Balaban J connectivity index is 1.24. The Morgan fingerprint density at radius 1 is 1.26 bits per heavy atom. The number of aromatic nitrogens is 1. The van der Waals surface area contributed by atoms with Crippen LogP contribution < -0.4 is 16.0 Å². The summed E-state index contributed by atoms with van der Waals surface area (Å²) in [6.45, 7) is 2.09. The molecule has 4 heterocycles. The number of carbonyl (C=O) groups excluding carboxylic acids is 2. The second-order valence-corrected chi connectivity index (χ2v) is 11.6. The molecule has 0 bridgehead atoms. The third-order valence-electron chi connectivity index (χ3n) is 8.35. The van der Waals surface area contributed by atoms with E-state index in [9.17, 15) is 9.59 Å². The van der Waals surface area contributed by atoms with Crippen LogP contribution in [0.3, 0.4) is 0 Å². The fourth-order valence-electron chi connectivity index (χ4n) is 5.83. The van der Waals surface area contributed by atoms with Crippen LogP contribution in [0.4, 0.5) is 20.7 Å². The molecule has 1 saturated carbocycles. The Kier molecular flexibility index (Phi) is 7.62. The maximum atomic E-state index is 15.2. The number of anilines is 2. The number of hydrogen-bond donors (Lipinski definition) is 3. The van der Waals surface area contributed by atoms with E-state index in [1.54, 1.807) is 30.5 Å². The van der Waals surface area contributed by atoms with Crippen molar-refractivity contribution in [2.75, 3.05) is 24.3 Å². The molecule has 3 aliphatic heterocycles. The Bertz CT molecular complexity index is 1550. The van der Waals surface area contributed by atoms with E-state index in [2.05, 4.69) is 31.7 Å². The van der Waals surface area contributed by atoms with Gasteiger partial charge in [0.25, 0.3) is 0 Å². The lowest BCUT2D eigenvalue weighted by Gasteiger charge is -2.48. The lowest BCUT2D eigenvalue weighted by Crippen LogP contribution is -2.54. The molecule has 3 amide bonds. The lowest BCUT2D eigenvalue weighted by atomic mass is 9.70. The third-order valence-corrected chi connectivity index (χ3v) is 8.57. The summed E-state index contributed by atoms with van der Waals surface area (Å²) in [5, 5.41) is 9.48. The summed E-state index contributed by atoms with van der Waals surface area (Å²) in [5.41, 5.74) is 6.35. The van der Waals surface area contributed by atoms with E-state index in [0.29, 0.717) is 16.8 Å². The maximum Gasteiger partial charge on any atom is 0.323 e. The molecule has 11 heteroatoms. The molecule has 4 aliphatic rings. The number of aliphatic imine (C=N–C) groups is 1. The van der Waals surface area contributed by atoms with Gasteiger partial charge in [-0.15, -0.1) is 0 Å². The molecule has 6 rings (SSSR count). The van der Waals surface area contributed by atoms with Crippen molar-refractivity contribution in [1.82, 2.24) is 15.2 Å². The van der Waals surface area contributed by atoms with Crippen LogP contribution in [0.2, 0.25) is 5.02 Å². The first-order valence-electron chi connectivity index (χ1n) is 14.1. The molecule has 3 atom stereocenters. The molecule has 218 valence electrons. The molecule has 0 radical (unpaired) electrons. The molecule has 2 saturated heterocycles. The van der Waals surface area contributed by atoms with Crippen LogP contribution in [-0.2, 0) is 15.1 Å². The smallest absolute Gasteiger partial charge is 0.323 e. The zero-order valence-corrected chi connectivity index (χ0v) is 24.2. The summed E-state index contributed by atoms with van der Waals surface area (Å²) in [5.74, 6) is -0.0679. The molecular weight excluding hydrogens is 559 g/mol. The molecule has 3 N–H and O–H groups in total. The normalized spacial score (nSPS) is 24.4. The Morgan fingerprint density at radius 3 is 2.83 bits per heavy atom. The number of benzene rings is 1. The Hall–Kier alpha value is -3.98. The van der Waals surface area contributed by atoms with E-state index >= 15 is 4.39 Å². The number of pyridine rings is 1. The maximum absolute atomic E-state index is 15.2. The minimum Gasteiger partial charge on any atom is -0.380 e. The lowest BCUT2D eigenvalue weighted by molar-refractivity contribution is -0.119. The molecule has 42 heavy (non-hydrogen) atoms. The number of nitrogens with one attached hydrogen (secondary N) is 3. The van der Waals surface area contributed by atoms with Gasteiger partial charge >= 0.3 is 6.03 Å². The number of hydrogen-bond acceptors (Lipinski definition) is 6. The fourth-order valence-corrected chi connectivity index (χ4v) is 5.94. The quantitative estimate of drug-likeness (QED) is 0.351. The van der Waals surface area contributed by atoms with Crippen LogP contribution in [0.5, 0.6) is 0 Å². The van der Waals surface area contributed by atoms with Gasteiger partial charge in [0.1, 0.15) is 17.7 Å². The van der Waals surface area contributed by atoms with Crippen molar-refractivity contribution in [3.05, 3.63) is 81.7 Å². The van der Waals surface area contributed by atoms with Crippen molar-refractivity contribution >= 4 is 41.3 Å². The second kappa shape index (κ2) is 11.4. The largest absolute Gasteiger partial charge is 0.380 e. The van der Waals surface area contributed by atoms with Gasteiger partial charge in [0.05, 0.1) is 33.7 Å². The van der Waals surface area contributed by atoms with Gasteiger partial charge in [0.15, 0.2) is 0 Å². The predicted molar refractivity (Wildman–Crippen MR) is 159 cm³/mol. The van der Waals surface area contributed by atoms with E-state index in [4.69, 9.17) is 16.3 Å². The fraction of sp³-hybridized carbons (Fsp3) is 0.387. The molecule has 1 aromatic heterocycles. The highest BCUT2D eigenvalue weighted by Gasteiger charge is 2.48. The van der Waals surface area contributed by atoms with Crippen LogP contribution >= 0.6 is 11.6 Å². The molecular formula is C31H32ClFN6O3.